The maximum Gasteiger partial charge on any atom is 0.229 e. The van der Waals surface area contributed by atoms with Crippen molar-refractivity contribution in [3.63, 3.8) is 0 Å². The van der Waals surface area contributed by atoms with Gasteiger partial charge in [-0.15, -0.1) is 0 Å². The first-order chi connectivity index (χ1) is 7.86. The first kappa shape index (κ1) is 15.7. The number of carbonyl (C=O) groups is 1. The molecule has 106 valence electrons. The molecule has 0 unspecified atom stereocenters. The van der Waals surface area contributed by atoms with Crippen LogP contribution in [0.2, 0.25) is 18.1 Å². The average Bonchev–Trinajstić information content (AvgIpc) is 2.10. The molecule has 1 fully saturated rings. The number of β-lactam (4-membered cyclic amide) rings is 1. The second-order valence-electron chi connectivity index (χ2n) is 6.44. The molecule has 1 amide bonds. The van der Waals surface area contributed by atoms with Crippen LogP contribution < -0.4 is 5.32 Å². The van der Waals surface area contributed by atoms with Gasteiger partial charge in [0, 0.05) is 12.9 Å². The van der Waals surface area contributed by atoms with E-state index in [1.807, 2.05) is 0 Å². The number of hydrogen-bond acceptors (Lipinski definition) is 4. The third-order valence-corrected chi connectivity index (χ3v) is 9.75. The monoisotopic (exact) mass is 293 g/mol. The van der Waals surface area contributed by atoms with Crippen molar-refractivity contribution >= 4 is 24.1 Å². The average molecular weight is 293 g/mol. The van der Waals surface area contributed by atoms with Gasteiger partial charge in [0.25, 0.3) is 0 Å². The maximum absolute atomic E-state index is 11.4. The summed E-state index contributed by atoms with van der Waals surface area (Å²) in [6.07, 6.45) is 1.14. The van der Waals surface area contributed by atoms with Crippen molar-refractivity contribution < 1.29 is 17.6 Å². The molecule has 0 radical (unpaired) electrons. The molecule has 1 aliphatic heterocycles. The minimum absolute atomic E-state index is 0.0494. The number of amides is 1. The molecule has 7 heteroatoms. The highest BCUT2D eigenvalue weighted by atomic mass is 32.2. The van der Waals surface area contributed by atoms with Gasteiger partial charge in [0.1, 0.15) is 5.37 Å². The van der Waals surface area contributed by atoms with E-state index in [4.69, 9.17) is 4.43 Å². The number of carbonyl (C=O) groups excluding carboxylic acids is 1. The molecule has 1 aliphatic rings. The lowest BCUT2D eigenvalue weighted by Gasteiger charge is -2.40. The summed E-state index contributed by atoms with van der Waals surface area (Å²) >= 11 is 0. The minimum atomic E-state index is -3.25. The van der Waals surface area contributed by atoms with Crippen molar-refractivity contribution in [1.82, 2.24) is 5.32 Å². The molecule has 0 aromatic rings. The molecular formula is C11H23NO4SSi. The molecule has 1 N–H and O–H groups in total. The Labute approximate surface area is 110 Å². The third-order valence-electron chi connectivity index (χ3n) is 3.88. The fourth-order valence-electron chi connectivity index (χ4n) is 1.47. The van der Waals surface area contributed by atoms with E-state index in [1.54, 1.807) is 0 Å². The number of sulfone groups is 1. The van der Waals surface area contributed by atoms with Crippen molar-refractivity contribution in [3.05, 3.63) is 0 Å². The number of rotatable bonds is 4. The third kappa shape index (κ3) is 3.13. The molecule has 0 spiro atoms. The van der Waals surface area contributed by atoms with Gasteiger partial charge in [-0.2, -0.15) is 0 Å². The zero-order valence-electron chi connectivity index (χ0n) is 11.9. The van der Waals surface area contributed by atoms with E-state index in [9.17, 15) is 13.2 Å². The summed E-state index contributed by atoms with van der Waals surface area (Å²) < 4.78 is 28.8. The second kappa shape index (κ2) is 4.61. The van der Waals surface area contributed by atoms with Crippen molar-refractivity contribution in [1.29, 1.82) is 0 Å². The summed E-state index contributed by atoms with van der Waals surface area (Å²) in [7, 11) is -5.19. The van der Waals surface area contributed by atoms with Gasteiger partial charge in [-0.1, -0.05) is 20.8 Å². The van der Waals surface area contributed by atoms with Gasteiger partial charge in [-0.3, -0.25) is 4.79 Å². The first-order valence-electron chi connectivity index (χ1n) is 5.99. The van der Waals surface area contributed by atoms with Gasteiger partial charge in [0.2, 0.25) is 5.91 Å². The van der Waals surface area contributed by atoms with Crippen LogP contribution in [-0.4, -0.2) is 40.9 Å². The number of nitrogens with one attached hydrogen (secondary N) is 1. The van der Waals surface area contributed by atoms with Crippen LogP contribution in [0.3, 0.4) is 0 Å². The molecule has 5 nitrogen and oxygen atoms in total. The Morgan fingerprint density at radius 1 is 1.33 bits per heavy atom. The zero-order valence-corrected chi connectivity index (χ0v) is 13.7. The Kier molecular flexibility index (Phi) is 4.01. The first-order valence-corrected chi connectivity index (χ1v) is 10.9. The maximum atomic E-state index is 11.4. The van der Waals surface area contributed by atoms with E-state index in [0.29, 0.717) is 0 Å². The molecule has 0 saturated carbocycles. The smallest absolute Gasteiger partial charge is 0.229 e. The Hall–Kier alpha value is -0.403. The fourth-order valence-corrected chi connectivity index (χ4v) is 3.63. The van der Waals surface area contributed by atoms with Gasteiger partial charge < -0.3 is 9.74 Å². The van der Waals surface area contributed by atoms with Crippen LogP contribution in [0.25, 0.3) is 0 Å². The van der Waals surface area contributed by atoms with E-state index in [1.165, 1.54) is 0 Å². The predicted octanol–water partition coefficient (Wildman–Crippen LogP) is 1.12. The van der Waals surface area contributed by atoms with Gasteiger partial charge in [-0.25, -0.2) is 8.42 Å². The molecule has 1 rings (SSSR count). The lowest BCUT2D eigenvalue weighted by molar-refractivity contribution is -0.134. The van der Waals surface area contributed by atoms with Gasteiger partial charge in [0.05, 0.1) is 5.92 Å². The molecule has 18 heavy (non-hydrogen) atoms. The molecule has 1 heterocycles. The summed E-state index contributed by atoms with van der Waals surface area (Å²) in [4.78, 5) is 11.4. The van der Waals surface area contributed by atoms with Crippen molar-refractivity contribution in [2.24, 2.45) is 5.92 Å². The predicted molar refractivity (Wildman–Crippen MR) is 73.4 cm³/mol. The SMILES string of the molecule is CC(C)(C)[Si](C)(C)OC[C@H]1C(=O)N[C@H]1S(C)(=O)=O. The van der Waals surface area contributed by atoms with E-state index in [0.717, 1.165) is 6.26 Å². The zero-order chi connectivity index (χ0) is 14.4. The van der Waals surface area contributed by atoms with Crippen LogP contribution in [0, 0.1) is 5.92 Å². The minimum Gasteiger partial charge on any atom is -0.416 e. The molecule has 1 saturated heterocycles. The van der Waals surface area contributed by atoms with E-state index >= 15 is 0 Å². The van der Waals surface area contributed by atoms with Gasteiger partial charge >= 0.3 is 0 Å². The summed E-state index contributed by atoms with van der Waals surface area (Å²) in [5.41, 5.74) is 0. The fraction of sp³-hybridized carbons (Fsp3) is 0.909. The van der Waals surface area contributed by atoms with Crippen molar-refractivity contribution in [2.45, 2.75) is 44.3 Å². The Balaban J connectivity index is 2.67. The lowest BCUT2D eigenvalue weighted by Crippen LogP contribution is -2.63. The van der Waals surface area contributed by atoms with Crippen LogP contribution >= 0.6 is 0 Å². The highest BCUT2D eigenvalue weighted by molar-refractivity contribution is 7.91. The van der Waals surface area contributed by atoms with Gasteiger partial charge in [0.15, 0.2) is 18.2 Å². The second-order valence-corrected chi connectivity index (χ2v) is 13.4. The quantitative estimate of drug-likeness (QED) is 0.623. The highest BCUT2D eigenvalue weighted by Crippen LogP contribution is 2.37. The van der Waals surface area contributed by atoms with E-state index < -0.39 is 29.4 Å². The van der Waals surface area contributed by atoms with Gasteiger partial charge in [-0.05, 0) is 18.1 Å². The Bertz CT molecular complexity index is 438. The van der Waals surface area contributed by atoms with Crippen LogP contribution in [0.1, 0.15) is 20.8 Å². The van der Waals surface area contributed by atoms with Crippen LogP contribution in [0.4, 0.5) is 0 Å². The van der Waals surface area contributed by atoms with Crippen molar-refractivity contribution in [2.75, 3.05) is 12.9 Å². The molecule has 0 bridgehead atoms. The molecule has 2 atom stereocenters. The largest absolute Gasteiger partial charge is 0.416 e. The standard InChI is InChI=1S/C11H23NO4SSi/c1-11(2,3)18(5,6)16-7-8-9(13)12-10(8)17(4,14)15/h8,10H,7H2,1-6H3,(H,12,13)/t8-,10-/m0/s1. The number of hydrogen-bond donors (Lipinski definition) is 1. The Morgan fingerprint density at radius 2 is 1.83 bits per heavy atom. The van der Waals surface area contributed by atoms with Crippen LogP contribution in [-0.2, 0) is 19.1 Å². The topological polar surface area (TPSA) is 72.5 Å². The summed E-state index contributed by atoms with van der Waals surface area (Å²) in [5, 5.41) is 1.68. The summed E-state index contributed by atoms with van der Waals surface area (Å²) in [6, 6.07) is 0. The van der Waals surface area contributed by atoms with Crippen LogP contribution in [0.15, 0.2) is 0 Å². The lowest BCUT2D eigenvalue weighted by atomic mass is 10.0. The van der Waals surface area contributed by atoms with E-state index in [-0.39, 0.29) is 17.6 Å². The molecular weight excluding hydrogens is 270 g/mol. The van der Waals surface area contributed by atoms with E-state index in [2.05, 4.69) is 39.2 Å². The normalized spacial score (nSPS) is 25.6. The highest BCUT2D eigenvalue weighted by Gasteiger charge is 2.47. The van der Waals surface area contributed by atoms with Crippen LogP contribution in [0.5, 0.6) is 0 Å². The van der Waals surface area contributed by atoms with Crippen molar-refractivity contribution in [3.8, 4) is 0 Å². The summed E-state index contributed by atoms with van der Waals surface area (Å²) in [6.45, 7) is 10.7. The molecule has 0 aromatic carbocycles. The summed E-state index contributed by atoms with van der Waals surface area (Å²) in [5.74, 6) is -0.793. The molecule has 0 aromatic heterocycles. The Morgan fingerprint density at radius 3 is 2.17 bits per heavy atom. The molecule has 0 aliphatic carbocycles.